The molecule has 0 saturated heterocycles. The van der Waals surface area contributed by atoms with Crippen LogP contribution in [-0.2, 0) is 24.0 Å². The molecule has 10 heteroatoms. The van der Waals surface area contributed by atoms with E-state index in [-0.39, 0.29) is 6.42 Å². The molecule has 0 spiro atoms. The van der Waals surface area contributed by atoms with Gasteiger partial charge in [-0.1, -0.05) is 5.16 Å². The summed E-state index contributed by atoms with van der Waals surface area (Å²) < 4.78 is 0. The second kappa shape index (κ2) is 8.45. The normalized spacial score (nSPS) is 12.3. The maximum atomic E-state index is 10.7. The molecule has 1 atom stereocenters. The molecule has 0 unspecified atom stereocenters. The van der Waals surface area contributed by atoms with Crippen molar-refractivity contribution in [2.75, 3.05) is 6.61 Å². The Labute approximate surface area is 113 Å². The Bertz CT molecular complexity index is 431. The van der Waals surface area contributed by atoms with Crippen molar-refractivity contribution >= 4 is 29.5 Å². The van der Waals surface area contributed by atoms with Gasteiger partial charge < -0.3 is 25.5 Å². The second-order valence-electron chi connectivity index (χ2n) is 3.62. The van der Waals surface area contributed by atoms with Crippen LogP contribution in [0, 0.1) is 0 Å². The first-order valence-corrected chi connectivity index (χ1v) is 5.37. The number of hydrogen-bond acceptors (Lipinski definition) is 6. The molecule has 0 aromatic heterocycles. The molecule has 0 aliphatic carbocycles. The summed E-state index contributed by atoms with van der Waals surface area (Å²) in [5.41, 5.74) is -0.556. The third-order valence-corrected chi connectivity index (χ3v) is 1.91. The molecule has 112 valence electrons. The molecule has 10 nitrogen and oxygen atoms in total. The molecule has 4 N–H and O–H groups in total. The van der Waals surface area contributed by atoms with E-state index in [9.17, 15) is 19.2 Å². The van der Waals surface area contributed by atoms with Crippen molar-refractivity contribution in [2.24, 2.45) is 5.16 Å². The van der Waals surface area contributed by atoms with Gasteiger partial charge >= 0.3 is 17.9 Å². The van der Waals surface area contributed by atoms with Crippen molar-refractivity contribution in [3.05, 3.63) is 0 Å². The van der Waals surface area contributed by atoms with Crippen molar-refractivity contribution in [3.8, 4) is 0 Å². The van der Waals surface area contributed by atoms with Gasteiger partial charge in [-0.05, 0) is 0 Å². The van der Waals surface area contributed by atoms with Crippen LogP contribution in [0.1, 0.15) is 19.8 Å². The molecule has 0 rings (SSSR count). The Morgan fingerprint density at radius 2 is 1.75 bits per heavy atom. The summed E-state index contributed by atoms with van der Waals surface area (Å²) in [7, 11) is 0. The Kier molecular flexibility index (Phi) is 7.33. The van der Waals surface area contributed by atoms with E-state index in [0.29, 0.717) is 0 Å². The average molecular weight is 290 g/mol. The van der Waals surface area contributed by atoms with Crippen molar-refractivity contribution in [1.29, 1.82) is 0 Å². The zero-order chi connectivity index (χ0) is 15.7. The smallest absolute Gasteiger partial charge is 0.353 e. The maximum absolute atomic E-state index is 10.7. The van der Waals surface area contributed by atoms with Crippen molar-refractivity contribution in [2.45, 2.75) is 25.8 Å². The predicted octanol–water partition coefficient (Wildman–Crippen LogP) is -1.10. The summed E-state index contributed by atoms with van der Waals surface area (Å²) >= 11 is 0. The first kappa shape index (κ1) is 17.4. The number of carbonyl (C=O) groups is 4. The van der Waals surface area contributed by atoms with Crippen LogP contribution in [0.15, 0.2) is 5.16 Å². The molecule has 0 heterocycles. The molecule has 0 bridgehead atoms. The third kappa shape index (κ3) is 7.63. The van der Waals surface area contributed by atoms with E-state index in [4.69, 9.17) is 15.3 Å². The van der Waals surface area contributed by atoms with Crippen LogP contribution < -0.4 is 5.32 Å². The minimum atomic E-state index is -1.47. The van der Waals surface area contributed by atoms with E-state index in [0.717, 1.165) is 6.92 Å². The summed E-state index contributed by atoms with van der Waals surface area (Å²) in [5, 5.41) is 31.1. The number of aliphatic carboxylic acids is 3. The minimum absolute atomic E-state index is 0.372. The van der Waals surface area contributed by atoms with E-state index in [1.165, 1.54) is 0 Å². The van der Waals surface area contributed by atoms with Crippen LogP contribution >= 0.6 is 0 Å². The number of carbonyl (C=O) groups excluding carboxylic acids is 1. The van der Waals surface area contributed by atoms with Gasteiger partial charge in [-0.15, -0.1) is 0 Å². The molecule has 0 radical (unpaired) electrons. The van der Waals surface area contributed by atoms with Crippen LogP contribution in [0.3, 0.4) is 0 Å². The lowest BCUT2D eigenvalue weighted by Gasteiger charge is -2.11. The molecular formula is C10H14N2O8. The van der Waals surface area contributed by atoms with Gasteiger partial charge in [0.15, 0.2) is 11.8 Å². The second-order valence-corrected chi connectivity index (χ2v) is 3.62. The van der Waals surface area contributed by atoms with Crippen LogP contribution in [0.5, 0.6) is 0 Å². The number of nitrogens with zero attached hydrogens (tertiary/aromatic N) is 1. The summed E-state index contributed by atoms with van der Waals surface area (Å²) in [6.07, 6.45) is -0.828. The largest absolute Gasteiger partial charge is 0.481 e. The maximum Gasteiger partial charge on any atom is 0.353 e. The number of amides is 1. The Morgan fingerprint density at radius 3 is 2.15 bits per heavy atom. The Hall–Kier alpha value is -2.65. The van der Waals surface area contributed by atoms with Crippen LogP contribution in [0.4, 0.5) is 0 Å². The number of hydrogen-bond donors (Lipinski definition) is 4. The highest BCUT2D eigenvalue weighted by Crippen LogP contribution is 1.97. The summed E-state index contributed by atoms with van der Waals surface area (Å²) in [6.45, 7) is 0.521. The molecule has 20 heavy (non-hydrogen) atoms. The van der Waals surface area contributed by atoms with Gasteiger partial charge in [-0.25, -0.2) is 9.59 Å². The molecule has 1 amide bonds. The van der Waals surface area contributed by atoms with Gasteiger partial charge in [0.2, 0.25) is 5.91 Å². The van der Waals surface area contributed by atoms with E-state index < -0.39 is 48.6 Å². The van der Waals surface area contributed by atoms with Gasteiger partial charge in [-0.3, -0.25) is 9.59 Å². The topological polar surface area (TPSA) is 163 Å². The van der Waals surface area contributed by atoms with Gasteiger partial charge in [0.1, 0.15) is 6.61 Å². The molecule has 0 aliphatic heterocycles. The summed E-state index contributed by atoms with van der Waals surface area (Å²) in [5.74, 6) is -4.66. The molecule has 0 aromatic rings. The summed E-state index contributed by atoms with van der Waals surface area (Å²) in [4.78, 5) is 47.0. The van der Waals surface area contributed by atoms with E-state index in [1.54, 1.807) is 0 Å². The quantitative estimate of drug-likeness (QED) is 0.307. The highest BCUT2D eigenvalue weighted by atomic mass is 16.6. The van der Waals surface area contributed by atoms with Crippen molar-refractivity contribution < 1.29 is 39.3 Å². The lowest BCUT2D eigenvalue weighted by Crippen LogP contribution is -2.42. The fourth-order valence-electron chi connectivity index (χ4n) is 1.03. The number of carboxylic acids is 3. The SMILES string of the molecule is CC(=O)N[C@@H](CON=C(CCC(=O)O)C(=O)O)C(=O)O. The van der Waals surface area contributed by atoms with E-state index in [2.05, 4.69) is 15.3 Å². The molecule has 0 aromatic carbocycles. The molecule has 0 aliphatic rings. The standard InChI is InChI=1S/C10H14N2O8/c1-5(13)11-7(10(18)19)4-20-12-6(9(16)17)2-3-8(14)15/h7H,2-4H2,1H3,(H,11,13)(H,14,15)(H,16,17)(H,18,19)/t7-/m0/s1. The predicted molar refractivity (Wildman–Crippen MR) is 63.1 cm³/mol. The number of oxime groups is 1. The lowest BCUT2D eigenvalue weighted by molar-refractivity contribution is -0.143. The number of carboxylic acid groups (broad SMARTS) is 3. The van der Waals surface area contributed by atoms with Gasteiger partial charge in [-0.2, -0.15) is 0 Å². The monoisotopic (exact) mass is 290 g/mol. The highest BCUT2D eigenvalue weighted by Gasteiger charge is 2.20. The fraction of sp³-hybridized carbons (Fsp3) is 0.500. The Balaban J connectivity index is 4.53. The molecule has 0 saturated carbocycles. The van der Waals surface area contributed by atoms with E-state index in [1.807, 2.05) is 0 Å². The van der Waals surface area contributed by atoms with Crippen LogP contribution in [0.2, 0.25) is 0 Å². The number of nitrogens with one attached hydrogen (secondary N) is 1. The highest BCUT2D eigenvalue weighted by molar-refractivity contribution is 6.35. The molecule has 0 fully saturated rings. The van der Waals surface area contributed by atoms with Gasteiger partial charge in [0, 0.05) is 13.3 Å². The van der Waals surface area contributed by atoms with Crippen molar-refractivity contribution in [1.82, 2.24) is 5.32 Å². The zero-order valence-electron chi connectivity index (χ0n) is 10.5. The molecular weight excluding hydrogens is 276 g/mol. The first-order valence-electron chi connectivity index (χ1n) is 5.37. The van der Waals surface area contributed by atoms with Crippen LogP contribution in [0.25, 0.3) is 0 Å². The average Bonchev–Trinajstić information content (AvgIpc) is 2.30. The number of rotatable bonds is 9. The van der Waals surface area contributed by atoms with Gasteiger partial charge in [0.05, 0.1) is 6.42 Å². The van der Waals surface area contributed by atoms with Gasteiger partial charge in [0.25, 0.3) is 0 Å². The fourth-order valence-corrected chi connectivity index (χ4v) is 1.03. The summed E-state index contributed by atoms with van der Waals surface area (Å²) in [6, 6.07) is -1.38. The Morgan fingerprint density at radius 1 is 1.15 bits per heavy atom. The first-order chi connectivity index (χ1) is 9.23. The minimum Gasteiger partial charge on any atom is -0.481 e. The van der Waals surface area contributed by atoms with Crippen molar-refractivity contribution in [3.63, 3.8) is 0 Å². The van der Waals surface area contributed by atoms with Crippen LogP contribution in [-0.4, -0.2) is 57.5 Å². The zero-order valence-corrected chi connectivity index (χ0v) is 10.5. The lowest BCUT2D eigenvalue weighted by atomic mass is 10.2. The third-order valence-electron chi connectivity index (χ3n) is 1.91. The van der Waals surface area contributed by atoms with E-state index >= 15 is 0 Å².